The number of aromatic nitrogens is 8. The first-order chi connectivity index (χ1) is 33.7. The van der Waals surface area contributed by atoms with Crippen LogP contribution in [0.1, 0.15) is 22.8 Å². The maximum absolute atomic E-state index is 5.54. The fourth-order valence-electron chi connectivity index (χ4n) is 9.07. The monoisotopic (exact) mass is 946 g/mol. The zero-order chi connectivity index (χ0) is 45.0. The van der Waals surface area contributed by atoms with Gasteiger partial charge in [-0.1, -0.05) is 0 Å². The second-order valence-electron chi connectivity index (χ2n) is 16.4. The van der Waals surface area contributed by atoms with E-state index >= 15 is 0 Å². The molecule has 2 aliphatic heterocycles. The summed E-state index contributed by atoms with van der Waals surface area (Å²) in [6, 6.07) is 25.9. The van der Waals surface area contributed by atoms with Gasteiger partial charge in [0, 0.05) is 138 Å². The third-order valence-corrected chi connectivity index (χ3v) is 15.0. The van der Waals surface area contributed by atoms with E-state index < -0.39 is 0 Å². The molecule has 322 valence electrons. The topological polar surface area (TPSA) is 109 Å². The second kappa shape index (κ2) is 17.0. The molecule has 0 saturated carbocycles. The molecule has 0 fully saturated rings. The summed E-state index contributed by atoms with van der Waals surface area (Å²) in [4.78, 5) is 38.1. The van der Waals surface area contributed by atoms with Gasteiger partial charge in [0.2, 0.25) is 0 Å². The first-order valence-corrected chi connectivity index (χ1v) is 25.5. The lowest BCUT2D eigenvalue weighted by atomic mass is 10.0. The number of nitrogens with zero attached hydrogens (tertiary/aromatic N) is 6. The van der Waals surface area contributed by atoms with Gasteiger partial charge in [0.1, 0.15) is 0 Å². The lowest BCUT2D eigenvalue weighted by molar-refractivity contribution is 1.28. The maximum Gasteiger partial charge on any atom is 0.0737 e. The molecule has 0 spiro atoms. The predicted octanol–water partition coefficient (Wildman–Crippen LogP) is 15.8. The van der Waals surface area contributed by atoms with Crippen LogP contribution < -0.4 is 0 Å². The minimum absolute atomic E-state index is 0.802. The van der Waals surface area contributed by atoms with E-state index in [9.17, 15) is 0 Å². The third-order valence-electron chi connectivity index (χ3n) is 12.3. The smallest absolute Gasteiger partial charge is 0.0737 e. The zero-order valence-electron chi connectivity index (χ0n) is 35.8. The number of aromatic amines is 2. The van der Waals surface area contributed by atoms with Crippen molar-refractivity contribution >= 4 is 91.7 Å². The Hall–Kier alpha value is -8.00. The molecule has 0 aliphatic carbocycles. The molecule has 11 aromatic heterocycles. The Balaban J connectivity index is 1.15. The molecule has 2 N–H and O–H groups in total. The van der Waals surface area contributed by atoms with Gasteiger partial charge in [-0.3, -0.25) is 19.9 Å². The molecule has 0 radical (unpaired) electrons. The summed E-state index contributed by atoms with van der Waals surface area (Å²) in [6.45, 7) is 0. The molecule has 2 aliphatic rings. The van der Waals surface area contributed by atoms with E-state index in [1.807, 2.05) is 49.6 Å². The van der Waals surface area contributed by atoms with Crippen LogP contribution in [0.15, 0.2) is 165 Å². The van der Waals surface area contributed by atoms with E-state index in [-0.39, 0.29) is 0 Å². The normalized spacial score (nSPS) is 12.0. The summed E-state index contributed by atoms with van der Waals surface area (Å²) >= 11 is 6.68. The molecule has 68 heavy (non-hydrogen) atoms. The van der Waals surface area contributed by atoms with Gasteiger partial charge in [-0.05, 0) is 162 Å². The Morgan fingerprint density at radius 1 is 0.279 bits per heavy atom. The summed E-state index contributed by atoms with van der Waals surface area (Å²) in [5.41, 5.74) is 22.8. The summed E-state index contributed by atoms with van der Waals surface area (Å²) in [7, 11) is 0. The first kappa shape index (κ1) is 40.3. The average Bonchev–Trinajstić information content (AvgIpc) is 4.23. The van der Waals surface area contributed by atoms with Crippen LogP contribution in [-0.2, 0) is 0 Å². The minimum atomic E-state index is 0.802. The lowest BCUT2D eigenvalue weighted by Gasteiger charge is -2.08. The van der Waals surface area contributed by atoms with Crippen molar-refractivity contribution in [3.05, 3.63) is 188 Å². The van der Waals surface area contributed by atoms with E-state index in [0.29, 0.717) is 0 Å². The lowest BCUT2D eigenvalue weighted by Crippen LogP contribution is -1.92. The van der Waals surface area contributed by atoms with Crippen molar-refractivity contribution in [3.8, 4) is 89.0 Å². The van der Waals surface area contributed by atoms with Crippen LogP contribution in [0.25, 0.3) is 135 Å². The number of pyridine rings is 4. The summed E-state index contributed by atoms with van der Waals surface area (Å²) in [5, 5.41) is 17.0. The fraction of sp³-hybridized carbons (Fsp3) is 0. The Morgan fingerprint density at radius 2 is 0.529 bits per heavy atom. The van der Waals surface area contributed by atoms with Crippen molar-refractivity contribution in [1.29, 1.82) is 0 Å². The van der Waals surface area contributed by atoms with Crippen LogP contribution >= 0.6 is 45.3 Å². The molecular formula is C56H34N8S4. The highest BCUT2D eigenvalue weighted by molar-refractivity contribution is 7.09. The highest BCUT2D eigenvalue weighted by Gasteiger charge is 2.21. The van der Waals surface area contributed by atoms with Crippen LogP contribution in [0.5, 0.6) is 0 Å². The van der Waals surface area contributed by atoms with E-state index in [1.165, 1.54) is 0 Å². The number of rotatable bonds is 8. The molecule has 8 bridgehead atoms. The van der Waals surface area contributed by atoms with Crippen LogP contribution in [0.3, 0.4) is 0 Å². The van der Waals surface area contributed by atoms with Gasteiger partial charge >= 0.3 is 0 Å². The number of thiophene rings is 4. The molecule has 13 rings (SSSR count). The highest BCUT2D eigenvalue weighted by atomic mass is 32.1. The maximum atomic E-state index is 5.54. The van der Waals surface area contributed by atoms with E-state index in [2.05, 4.69) is 150 Å². The minimum Gasteiger partial charge on any atom is -0.354 e. The van der Waals surface area contributed by atoms with Gasteiger partial charge in [-0.2, -0.15) is 45.3 Å². The van der Waals surface area contributed by atoms with Gasteiger partial charge in [-0.15, -0.1) is 0 Å². The Bertz CT molecular complexity index is 3410. The molecule has 0 saturated heterocycles. The van der Waals surface area contributed by atoms with E-state index in [1.54, 1.807) is 45.3 Å². The Morgan fingerprint density at radius 3 is 0.765 bits per heavy atom. The van der Waals surface area contributed by atoms with Crippen LogP contribution in [0.4, 0.5) is 0 Å². The molecule has 11 aromatic rings. The predicted molar refractivity (Wildman–Crippen MR) is 285 cm³/mol. The largest absolute Gasteiger partial charge is 0.354 e. The molecule has 0 atom stereocenters. The van der Waals surface area contributed by atoms with Crippen LogP contribution in [0, 0.1) is 0 Å². The summed E-state index contributed by atoms with van der Waals surface area (Å²) < 4.78 is 0. The standard InChI is InChI=1S/C56H34N8S4/c1-2-46-54(42-18-38(22-58-26-42)34-10-14-66-30-34)48-5-6-50(63-48)56(44-20-40(24-60-28-44)36-12-16-68-32-36)52-8-7-51(64-52)55(43-19-39(23-59-27-43)35-11-15-67-31-35)49-4-3-47(62-49)53(45(1)61-46)41-17-37(21-57-25-41)33-9-13-65-29-33/h1-32,61,64H. The third kappa shape index (κ3) is 7.36. The molecule has 0 aromatic carbocycles. The van der Waals surface area contributed by atoms with Gasteiger partial charge in [0.15, 0.2) is 0 Å². The molecular weight excluding hydrogens is 913 g/mol. The number of hydrogen-bond acceptors (Lipinski definition) is 10. The second-order valence-corrected chi connectivity index (χ2v) is 19.5. The first-order valence-electron chi connectivity index (χ1n) is 21.7. The SMILES string of the molecule is C1=Cc2nc1c(-c1cncc(-c3ccsc3)c1)c1ccc([nH]1)c(-c1cncc(-c3ccsc3)c1)c1nc(c(-c3cncc(-c4ccsc4)c3)c3ccc([nH]3)c2-c2cncc(-c3ccsc3)c2)C=C1. The van der Waals surface area contributed by atoms with E-state index in [0.717, 1.165) is 134 Å². The number of hydrogen-bond donors (Lipinski definition) is 2. The number of fused-ring (bicyclic) bond motifs is 8. The molecule has 8 nitrogen and oxygen atoms in total. The van der Waals surface area contributed by atoms with Gasteiger partial charge < -0.3 is 9.97 Å². The van der Waals surface area contributed by atoms with Crippen molar-refractivity contribution in [3.63, 3.8) is 0 Å². The number of nitrogens with one attached hydrogen (secondary N) is 2. The fourth-order valence-corrected chi connectivity index (χ4v) is 11.7. The Kier molecular flexibility index (Phi) is 10.1. The summed E-state index contributed by atoms with van der Waals surface area (Å²) in [5.74, 6) is 0. The highest BCUT2D eigenvalue weighted by Crippen LogP contribution is 2.41. The van der Waals surface area contributed by atoms with E-state index in [4.69, 9.17) is 29.9 Å². The Labute approximate surface area is 406 Å². The van der Waals surface area contributed by atoms with Crippen molar-refractivity contribution < 1.29 is 0 Å². The number of H-pyrrole nitrogens is 2. The van der Waals surface area contributed by atoms with Gasteiger partial charge in [0.05, 0.1) is 22.8 Å². The van der Waals surface area contributed by atoms with Crippen molar-refractivity contribution in [2.75, 3.05) is 0 Å². The van der Waals surface area contributed by atoms with Crippen molar-refractivity contribution in [1.82, 2.24) is 39.9 Å². The molecule has 0 unspecified atom stereocenters. The molecule has 13 heterocycles. The summed E-state index contributed by atoms with van der Waals surface area (Å²) in [6.07, 6.45) is 23.9. The van der Waals surface area contributed by atoms with Gasteiger partial charge in [-0.25, -0.2) is 9.97 Å². The molecule has 12 heteroatoms. The van der Waals surface area contributed by atoms with Crippen LogP contribution in [0.2, 0.25) is 0 Å². The van der Waals surface area contributed by atoms with Crippen LogP contribution in [-0.4, -0.2) is 39.9 Å². The quantitative estimate of drug-likeness (QED) is 0.157. The van der Waals surface area contributed by atoms with Crippen molar-refractivity contribution in [2.24, 2.45) is 0 Å². The zero-order valence-corrected chi connectivity index (χ0v) is 39.1. The molecule has 0 amide bonds. The average molecular weight is 947 g/mol. The van der Waals surface area contributed by atoms with Gasteiger partial charge in [0.25, 0.3) is 0 Å². The van der Waals surface area contributed by atoms with Crippen molar-refractivity contribution in [2.45, 2.75) is 0 Å².